The van der Waals surface area contributed by atoms with E-state index < -0.39 is 6.04 Å². The van der Waals surface area contributed by atoms with Gasteiger partial charge >= 0.3 is 0 Å². The lowest BCUT2D eigenvalue weighted by Gasteiger charge is -2.23. The van der Waals surface area contributed by atoms with E-state index in [1.807, 2.05) is 20.9 Å². The molecule has 1 aliphatic rings. The average molecular weight is 386 g/mol. The lowest BCUT2D eigenvalue weighted by molar-refractivity contribution is -0.125. The van der Waals surface area contributed by atoms with Crippen molar-refractivity contribution in [1.82, 2.24) is 24.9 Å². The van der Waals surface area contributed by atoms with E-state index >= 15 is 0 Å². The molecular formula is C21H31N5O2. The van der Waals surface area contributed by atoms with Crippen LogP contribution in [-0.4, -0.2) is 31.5 Å². The third kappa shape index (κ3) is 4.34. The number of carbonyl (C=O) groups is 1. The molecule has 3 rings (SSSR count). The van der Waals surface area contributed by atoms with Gasteiger partial charge in [0.15, 0.2) is 0 Å². The molecule has 2 aromatic heterocycles. The van der Waals surface area contributed by atoms with Gasteiger partial charge in [-0.3, -0.25) is 14.3 Å². The van der Waals surface area contributed by atoms with Crippen LogP contribution in [0.2, 0.25) is 0 Å². The lowest BCUT2D eigenvalue weighted by atomic mass is 9.96. The van der Waals surface area contributed by atoms with E-state index in [1.165, 1.54) is 30.0 Å². The predicted molar refractivity (Wildman–Crippen MR) is 109 cm³/mol. The molecule has 0 bridgehead atoms. The molecule has 7 heteroatoms. The summed E-state index contributed by atoms with van der Waals surface area (Å²) in [4.78, 5) is 25.2. The molecule has 1 amide bonds. The van der Waals surface area contributed by atoms with Gasteiger partial charge in [0.25, 0.3) is 5.56 Å². The quantitative estimate of drug-likeness (QED) is 0.877. The highest BCUT2D eigenvalue weighted by molar-refractivity contribution is 5.80. The Labute approximate surface area is 166 Å². The van der Waals surface area contributed by atoms with Gasteiger partial charge in [-0.15, -0.1) is 0 Å². The third-order valence-electron chi connectivity index (χ3n) is 5.79. The van der Waals surface area contributed by atoms with Crippen molar-refractivity contribution in [3.05, 3.63) is 33.9 Å². The maximum absolute atomic E-state index is 12.8. The zero-order valence-electron chi connectivity index (χ0n) is 17.4. The fraction of sp³-hybridized carbons (Fsp3) is 0.619. The van der Waals surface area contributed by atoms with E-state index in [4.69, 9.17) is 0 Å². The summed E-state index contributed by atoms with van der Waals surface area (Å²) in [6.07, 6.45) is 8.06. The number of carbonyl (C=O) groups excluding carboxylic acids is 1. The fourth-order valence-corrected chi connectivity index (χ4v) is 4.01. The monoisotopic (exact) mass is 385 g/mol. The van der Waals surface area contributed by atoms with E-state index in [1.54, 1.807) is 17.7 Å². The zero-order chi connectivity index (χ0) is 20.3. The Morgan fingerprint density at radius 2 is 1.75 bits per heavy atom. The van der Waals surface area contributed by atoms with Crippen LogP contribution in [0.5, 0.6) is 0 Å². The Hall–Kier alpha value is -2.44. The van der Waals surface area contributed by atoms with Crippen LogP contribution in [0.1, 0.15) is 69.3 Å². The number of aryl methyl sites for hydroxylation is 2. The Morgan fingerprint density at radius 3 is 2.36 bits per heavy atom. The molecular weight excluding hydrogens is 354 g/mol. The molecule has 28 heavy (non-hydrogen) atoms. The van der Waals surface area contributed by atoms with Crippen LogP contribution >= 0.6 is 0 Å². The van der Waals surface area contributed by atoms with Crippen molar-refractivity contribution in [2.45, 2.75) is 77.8 Å². The normalized spacial score (nSPS) is 17.0. The molecule has 0 spiro atoms. The minimum atomic E-state index is -0.657. The van der Waals surface area contributed by atoms with Gasteiger partial charge in [-0.1, -0.05) is 32.1 Å². The van der Waals surface area contributed by atoms with Crippen LogP contribution < -0.4 is 10.9 Å². The van der Waals surface area contributed by atoms with Crippen LogP contribution in [-0.2, 0) is 11.8 Å². The van der Waals surface area contributed by atoms with E-state index in [0.29, 0.717) is 5.69 Å². The second kappa shape index (κ2) is 8.71. The summed E-state index contributed by atoms with van der Waals surface area (Å²) in [7, 11) is 1.88. The predicted octanol–water partition coefficient (Wildman–Crippen LogP) is 3.05. The van der Waals surface area contributed by atoms with Crippen LogP contribution in [0.15, 0.2) is 16.9 Å². The maximum Gasteiger partial charge on any atom is 0.267 e. The molecule has 2 heterocycles. The topological polar surface area (TPSA) is 81.8 Å². The summed E-state index contributed by atoms with van der Waals surface area (Å²) in [6.45, 7) is 5.63. The maximum atomic E-state index is 12.8. The highest BCUT2D eigenvalue weighted by atomic mass is 16.2. The molecule has 0 radical (unpaired) electrons. The van der Waals surface area contributed by atoms with Gasteiger partial charge in [-0.2, -0.15) is 10.2 Å². The minimum Gasteiger partial charge on any atom is -0.352 e. The highest BCUT2D eigenvalue weighted by Gasteiger charge is 2.22. The van der Waals surface area contributed by atoms with Gasteiger partial charge in [-0.05, 0) is 39.7 Å². The number of hydrogen-bond donors (Lipinski definition) is 1. The van der Waals surface area contributed by atoms with Gasteiger partial charge in [0.2, 0.25) is 5.91 Å². The van der Waals surface area contributed by atoms with Gasteiger partial charge < -0.3 is 5.32 Å². The molecule has 1 aliphatic carbocycles. The molecule has 0 saturated heterocycles. The van der Waals surface area contributed by atoms with Crippen molar-refractivity contribution >= 4 is 5.91 Å². The first kappa shape index (κ1) is 20.3. The molecule has 7 nitrogen and oxygen atoms in total. The van der Waals surface area contributed by atoms with Gasteiger partial charge in [0.1, 0.15) is 6.04 Å². The summed E-state index contributed by atoms with van der Waals surface area (Å²) >= 11 is 0. The molecule has 1 unspecified atom stereocenters. The van der Waals surface area contributed by atoms with Crippen LogP contribution in [0.3, 0.4) is 0 Å². The first-order chi connectivity index (χ1) is 13.4. The first-order valence-corrected chi connectivity index (χ1v) is 10.3. The van der Waals surface area contributed by atoms with Crippen molar-refractivity contribution in [2.24, 2.45) is 7.05 Å². The first-order valence-electron chi connectivity index (χ1n) is 10.3. The summed E-state index contributed by atoms with van der Waals surface area (Å²) < 4.78 is 3.09. The highest BCUT2D eigenvalue weighted by Crippen LogP contribution is 2.24. The molecule has 1 fully saturated rings. The number of aromatic nitrogens is 4. The van der Waals surface area contributed by atoms with Crippen molar-refractivity contribution in [1.29, 1.82) is 0 Å². The lowest BCUT2D eigenvalue weighted by Crippen LogP contribution is -2.42. The van der Waals surface area contributed by atoms with Gasteiger partial charge in [-0.25, -0.2) is 4.68 Å². The molecule has 0 aliphatic heterocycles. The number of nitrogens with zero attached hydrogens (tertiary/aromatic N) is 4. The largest absolute Gasteiger partial charge is 0.352 e. The minimum absolute atomic E-state index is 0.142. The second-order valence-electron chi connectivity index (χ2n) is 7.90. The Bertz CT molecular complexity index is 891. The molecule has 0 aromatic carbocycles. The van der Waals surface area contributed by atoms with Crippen molar-refractivity contribution < 1.29 is 4.79 Å². The number of hydrogen-bond acceptors (Lipinski definition) is 4. The van der Waals surface area contributed by atoms with Crippen molar-refractivity contribution in [3.63, 3.8) is 0 Å². The Morgan fingerprint density at radius 1 is 1.11 bits per heavy atom. The number of rotatable bonds is 4. The van der Waals surface area contributed by atoms with E-state index in [0.717, 1.165) is 42.6 Å². The molecule has 1 N–H and O–H groups in total. The SMILES string of the molecule is Cc1nn(C)c(C)c1-c1ccc(=O)n(C(C)C(=O)NC2CCCCCCC2)n1. The standard InChI is InChI=1S/C21H31N5O2/c1-14-20(15(2)25(4)23-14)18-12-13-19(27)26(24-18)16(3)21(28)22-17-10-8-6-5-7-9-11-17/h12-13,16-17H,5-11H2,1-4H3,(H,22,28). The van der Waals surface area contributed by atoms with E-state index in [9.17, 15) is 9.59 Å². The summed E-state index contributed by atoms with van der Waals surface area (Å²) in [5.74, 6) is -0.142. The van der Waals surface area contributed by atoms with Gasteiger partial charge in [0.05, 0.1) is 11.4 Å². The average Bonchev–Trinajstić information content (AvgIpc) is 2.89. The molecule has 1 saturated carbocycles. The summed E-state index contributed by atoms with van der Waals surface area (Å²) in [6, 6.07) is 2.72. The zero-order valence-corrected chi connectivity index (χ0v) is 17.4. The van der Waals surface area contributed by atoms with Crippen molar-refractivity contribution in [3.8, 4) is 11.3 Å². The van der Waals surface area contributed by atoms with Crippen LogP contribution in [0.4, 0.5) is 0 Å². The number of amides is 1. The van der Waals surface area contributed by atoms with E-state index in [2.05, 4.69) is 15.5 Å². The van der Waals surface area contributed by atoms with Gasteiger partial charge in [0, 0.05) is 30.4 Å². The van der Waals surface area contributed by atoms with Crippen molar-refractivity contribution in [2.75, 3.05) is 0 Å². The summed E-state index contributed by atoms with van der Waals surface area (Å²) in [5.41, 5.74) is 3.12. The molecule has 1 atom stereocenters. The van der Waals surface area contributed by atoms with E-state index in [-0.39, 0.29) is 17.5 Å². The molecule has 152 valence electrons. The second-order valence-corrected chi connectivity index (χ2v) is 7.90. The number of nitrogens with one attached hydrogen (secondary N) is 1. The molecule has 2 aromatic rings. The Balaban J connectivity index is 1.82. The Kier molecular flexibility index (Phi) is 6.31. The summed E-state index contributed by atoms with van der Waals surface area (Å²) in [5, 5.41) is 12.1. The van der Waals surface area contributed by atoms with Crippen LogP contribution in [0.25, 0.3) is 11.3 Å². The third-order valence-corrected chi connectivity index (χ3v) is 5.79. The van der Waals surface area contributed by atoms with Crippen LogP contribution in [0, 0.1) is 13.8 Å². The fourth-order valence-electron chi connectivity index (χ4n) is 4.01. The smallest absolute Gasteiger partial charge is 0.267 e.